The van der Waals surface area contributed by atoms with Crippen LogP contribution in [0.1, 0.15) is 30.5 Å². The van der Waals surface area contributed by atoms with Crippen LogP contribution in [0, 0.1) is 0 Å². The second-order valence-corrected chi connectivity index (χ2v) is 9.92. The van der Waals surface area contributed by atoms with Gasteiger partial charge in [-0.25, -0.2) is 0 Å². The van der Waals surface area contributed by atoms with Gasteiger partial charge in [0, 0.05) is 6.54 Å². The van der Waals surface area contributed by atoms with Crippen LogP contribution in [-0.2, 0) is 24.5 Å². The summed E-state index contributed by atoms with van der Waals surface area (Å²) in [7, 11) is 1.40. The molecule has 180 valence electrons. The zero-order valence-electron chi connectivity index (χ0n) is 20.0. The van der Waals surface area contributed by atoms with E-state index >= 15 is 0 Å². The molecule has 0 bridgehead atoms. The highest BCUT2D eigenvalue weighted by Gasteiger charge is 2.62. The van der Waals surface area contributed by atoms with Crippen molar-refractivity contribution in [1.29, 1.82) is 0 Å². The molecule has 3 aromatic rings. The SMILES string of the molecule is COC(=O)[C@@H]1[C@H]2OC(C)(C)O[C@@H]2[C@H](O)CN1C1(c2ccccc2)c2ccccc2-c2ccccc21. The van der Waals surface area contributed by atoms with Crippen LogP contribution >= 0.6 is 0 Å². The number of esters is 1. The van der Waals surface area contributed by atoms with Gasteiger partial charge in [-0.05, 0) is 41.7 Å². The summed E-state index contributed by atoms with van der Waals surface area (Å²) in [6.45, 7) is 3.83. The highest BCUT2D eigenvalue weighted by atomic mass is 16.8. The van der Waals surface area contributed by atoms with Gasteiger partial charge in [-0.2, -0.15) is 0 Å². The third-order valence-corrected chi connectivity index (χ3v) is 7.56. The molecule has 1 aliphatic carbocycles. The van der Waals surface area contributed by atoms with Gasteiger partial charge in [0.15, 0.2) is 5.79 Å². The monoisotopic (exact) mass is 471 g/mol. The molecule has 6 rings (SSSR count). The van der Waals surface area contributed by atoms with Gasteiger partial charge < -0.3 is 19.3 Å². The third kappa shape index (κ3) is 3.14. The van der Waals surface area contributed by atoms with Crippen LogP contribution in [0.25, 0.3) is 11.1 Å². The Labute approximate surface area is 205 Å². The molecule has 0 spiro atoms. The Morgan fingerprint density at radius 2 is 1.43 bits per heavy atom. The lowest BCUT2D eigenvalue weighted by Crippen LogP contribution is -2.68. The Bertz CT molecular complexity index is 1230. The molecule has 2 fully saturated rings. The van der Waals surface area contributed by atoms with Gasteiger partial charge in [-0.3, -0.25) is 9.69 Å². The first-order chi connectivity index (χ1) is 16.9. The zero-order chi connectivity index (χ0) is 24.4. The number of aliphatic hydroxyl groups is 1. The van der Waals surface area contributed by atoms with Gasteiger partial charge in [0.25, 0.3) is 0 Å². The molecule has 6 heteroatoms. The molecule has 2 heterocycles. The summed E-state index contributed by atoms with van der Waals surface area (Å²) in [4.78, 5) is 15.6. The quantitative estimate of drug-likeness (QED) is 0.588. The number of nitrogens with zero attached hydrogens (tertiary/aromatic N) is 1. The van der Waals surface area contributed by atoms with Crippen LogP contribution in [-0.4, -0.2) is 59.8 Å². The van der Waals surface area contributed by atoms with Crippen molar-refractivity contribution in [2.45, 2.75) is 49.5 Å². The molecule has 0 radical (unpaired) electrons. The number of likely N-dealkylation sites (tertiary alicyclic amines) is 1. The second kappa shape index (κ2) is 8.00. The van der Waals surface area contributed by atoms with E-state index in [-0.39, 0.29) is 6.54 Å². The minimum absolute atomic E-state index is 0.206. The number of β-amino-alcohol motifs (C(OH)–C–C–N with tert-alkyl or cyclic N) is 1. The molecule has 3 aromatic carbocycles. The molecule has 0 aromatic heterocycles. The van der Waals surface area contributed by atoms with E-state index in [0.717, 1.165) is 27.8 Å². The van der Waals surface area contributed by atoms with Gasteiger partial charge in [-0.15, -0.1) is 0 Å². The van der Waals surface area contributed by atoms with Crippen molar-refractivity contribution in [3.8, 4) is 11.1 Å². The molecular weight excluding hydrogens is 442 g/mol. The summed E-state index contributed by atoms with van der Waals surface area (Å²) in [6, 6.07) is 26.0. The van der Waals surface area contributed by atoms with Crippen molar-refractivity contribution in [3.05, 3.63) is 95.6 Å². The number of aliphatic hydroxyl groups excluding tert-OH is 1. The normalized spacial score (nSPS) is 28.1. The number of ether oxygens (including phenoxy) is 3. The number of carbonyl (C=O) groups excluding carboxylic acids is 1. The lowest BCUT2D eigenvalue weighted by atomic mass is 9.75. The van der Waals surface area contributed by atoms with E-state index in [2.05, 4.69) is 41.3 Å². The van der Waals surface area contributed by atoms with E-state index in [1.807, 2.05) is 56.3 Å². The van der Waals surface area contributed by atoms with Crippen molar-refractivity contribution < 1.29 is 24.1 Å². The second-order valence-electron chi connectivity index (χ2n) is 9.92. The smallest absolute Gasteiger partial charge is 0.325 e. The maximum atomic E-state index is 13.5. The minimum atomic E-state index is -0.927. The molecule has 0 saturated carbocycles. The van der Waals surface area contributed by atoms with Crippen LogP contribution in [0.15, 0.2) is 78.9 Å². The molecule has 6 nitrogen and oxygen atoms in total. The Kier molecular flexibility index (Phi) is 5.13. The number of rotatable bonds is 3. The summed E-state index contributed by atoms with van der Waals surface area (Å²) < 4.78 is 17.7. The van der Waals surface area contributed by atoms with Crippen LogP contribution in [0.5, 0.6) is 0 Å². The Morgan fingerprint density at radius 1 is 0.886 bits per heavy atom. The van der Waals surface area contributed by atoms with Gasteiger partial charge in [-0.1, -0.05) is 78.9 Å². The van der Waals surface area contributed by atoms with Crippen LogP contribution < -0.4 is 0 Å². The fraction of sp³-hybridized carbons (Fsp3) is 0.345. The highest BCUT2D eigenvalue weighted by Crippen LogP contribution is 2.56. The maximum absolute atomic E-state index is 13.5. The van der Waals surface area contributed by atoms with Gasteiger partial charge in [0.1, 0.15) is 18.2 Å². The predicted octanol–water partition coefficient (Wildman–Crippen LogP) is 3.70. The van der Waals surface area contributed by atoms with Crippen molar-refractivity contribution in [2.75, 3.05) is 13.7 Å². The number of benzene rings is 3. The molecule has 0 unspecified atom stereocenters. The first-order valence-corrected chi connectivity index (χ1v) is 12.0. The lowest BCUT2D eigenvalue weighted by molar-refractivity contribution is -0.168. The number of hydrogen-bond acceptors (Lipinski definition) is 6. The van der Waals surface area contributed by atoms with Crippen molar-refractivity contribution >= 4 is 5.97 Å². The summed E-state index contributed by atoms with van der Waals surface area (Å²) in [6.07, 6.45) is -2.19. The fourth-order valence-corrected chi connectivity index (χ4v) is 6.36. The predicted molar refractivity (Wildman–Crippen MR) is 131 cm³/mol. The lowest BCUT2D eigenvalue weighted by Gasteiger charge is -2.51. The summed E-state index contributed by atoms with van der Waals surface area (Å²) in [5, 5.41) is 11.4. The molecule has 3 aliphatic rings. The number of hydrogen-bond donors (Lipinski definition) is 1. The van der Waals surface area contributed by atoms with E-state index < -0.39 is 41.6 Å². The highest BCUT2D eigenvalue weighted by molar-refractivity contribution is 5.84. The first kappa shape index (κ1) is 22.4. The van der Waals surface area contributed by atoms with E-state index in [0.29, 0.717) is 0 Å². The van der Waals surface area contributed by atoms with Crippen LogP contribution in [0.2, 0.25) is 0 Å². The number of methoxy groups -OCH3 is 1. The average molecular weight is 472 g/mol. The minimum Gasteiger partial charge on any atom is -0.468 e. The largest absolute Gasteiger partial charge is 0.468 e. The van der Waals surface area contributed by atoms with E-state index in [1.54, 1.807) is 0 Å². The summed E-state index contributed by atoms with van der Waals surface area (Å²) in [5.41, 5.74) is 4.51. The molecule has 35 heavy (non-hydrogen) atoms. The van der Waals surface area contributed by atoms with Gasteiger partial charge in [0.05, 0.1) is 18.8 Å². The fourth-order valence-electron chi connectivity index (χ4n) is 6.36. The van der Waals surface area contributed by atoms with Gasteiger partial charge >= 0.3 is 5.97 Å². The Hall–Kier alpha value is -3.03. The van der Waals surface area contributed by atoms with E-state index in [4.69, 9.17) is 14.2 Å². The molecule has 4 atom stereocenters. The third-order valence-electron chi connectivity index (χ3n) is 7.56. The average Bonchev–Trinajstić information content (AvgIpc) is 3.36. The van der Waals surface area contributed by atoms with Gasteiger partial charge in [0.2, 0.25) is 0 Å². The zero-order valence-corrected chi connectivity index (χ0v) is 20.0. The van der Waals surface area contributed by atoms with Crippen LogP contribution in [0.4, 0.5) is 0 Å². The molecule has 1 N–H and O–H groups in total. The molecule has 0 amide bonds. The number of piperidine rings is 1. The number of carbonyl (C=O) groups is 1. The van der Waals surface area contributed by atoms with Crippen molar-refractivity contribution in [1.82, 2.24) is 4.90 Å². The molecular formula is C29H29NO5. The van der Waals surface area contributed by atoms with E-state index in [9.17, 15) is 9.90 Å². The van der Waals surface area contributed by atoms with Crippen LogP contribution in [0.3, 0.4) is 0 Å². The van der Waals surface area contributed by atoms with E-state index in [1.165, 1.54) is 7.11 Å². The summed E-state index contributed by atoms with van der Waals surface area (Å²) >= 11 is 0. The number of fused-ring (bicyclic) bond motifs is 4. The Morgan fingerprint density at radius 3 is 2.03 bits per heavy atom. The topological polar surface area (TPSA) is 68.2 Å². The standard InChI is InChI=1S/C29H29NO5/c1-28(2)34-25-23(31)17-30(24(26(25)35-28)27(32)33-3)29(18-11-5-4-6-12-18)21-15-9-7-13-19(21)20-14-8-10-16-22(20)29/h4-16,23-26,31H,17H2,1-3H3/t23-,24+,25-,26-/m1/s1. The summed E-state index contributed by atoms with van der Waals surface area (Å²) in [5.74, 6) is -1.34. The first-order valence-electron chi connectivity index (χ1n) is 12.0. The van der Waals surface area contributed by atoms with Crippen molar-refractivity contribution in [2.24, 2.45) is 0 Å². The van der Waals surface area contributed by atoms with Crippen molar-refractivity contribution in [3.63, 3.8) is 0 Å². The molecule has 2 saturated heterocycles. The maximum Gasteiger partial charge on any atom is 0.325 e. The molecule has 2 aliphatic heterocycles. The Balaban J connectivity index is 1.66.